The Kier molecular flexibility index (Phi) is 2.83. The van der Waals surface area contributed by atoms with E-state index in [9.17, 15) is 0 Å². The molecule has 6 heteroatoms. The summed E-state index contributed by atoms with van der Waals surface area (Å²) in [7, 11) is 0. The average Bonchev–Trinajstić information content (AvgIpc) is 2.73. The molecule has 14 heavy (non-hydrogen) atoms. The summed E-state index contributed by atoms with van der Waals surface area (Å²) in [5, 5.41) is 7.41. The minimum absolute atomic E-state index is 0.443. The van der Waals surface area contributed by atoms with Crippen molar-refractivity contribution in [3.63, 3.8) is 0 Å². The average molecular weight is 230 g/mol. The van der Waals surface area contributed by atoms with Crippen molar-refractivity contribution in [2.75, 3.05) is 12.0 Å². The van der Waals surface area contributed by atoms with E-state index in [-0.39, 0.29) is 0 Å². The lowest BCUT2D eigenvalue weighted by atomic mass is 10.2. The Hall–Kier alpha value is -0.490. The second kappa shape index (κ2) is 3.94. The maximum Gasteiger partial charge on any atom is 0.220 e. The van der Waals surface area contributed by atoms with Crippen LogP contribution in [-0.2, 0) is 0 Å². The van der Waals surface area contributed by atoms with Gasteiger partial charge >= 0.3 is 0 Å². The van der Waals surface area contributed by atoms with Gasteiger partial charge in [0.2, 0.25) is 5.95 Å². The number of rotatable bonds is 2. The molecule has 1 aromatic rings. The number of nitrogen functional groups attached to an aromatic ring is 1. The zero-order valence-electron chi connectivity index (χ0n) is 8.06. The zero-order valence-corrected chi connectivity index (χ0v) is 9.70. The molecule has 2 unspecified atom stereocenters. The van der Waals surface area contributed by atoms with Crippen LogP contribution in [0.15, 0.2) is 0 Å². The Morgan fingerprint density at radius 3 is 2.93 bits per heavy atom. The number of nitrogens with one attached hydrogen (secondary N) is 1. The molecule has 2 rings (SSSR count). The third-order valence-corrected chi connectivity index (χ3v) is 4.17. The number of H-pyrrole nitrogens is 1. The van der Waals surface area contributed by atoms with E-state index >= 15 is 0 Å². The SMILES string of the molecule is CSC1CCC(n2c(N)n[nH]c2=S)C1. The summed E-state index contributed by atoms with van der Waals surface area (Å²) < 4.78 is 2.60. The first-order valence-corrected chi connectivity index (χ1v) is 6.37. The molecule has 1 saturated carbocycles. The Bertz CT molecular complexity index is 370. The van der Waals surface area contributed by atoms with Crippen LogP contribution >= 0.6 is 24.0 Å². The quantitative estimate of drug-likeness (QED) is 0.763. The van der Waals surface area contributed by atoms with Gasteiger partial charge in [0, 0.05) is 11.3 Å². The summed E-state index contributed by atoms with van der Waals surface area (Å²) in [6.45, 7) is 0. The smallest absolute Gasteiger partial charge is 0.220 e. The topological polar surface area (TPSA) is 59.6 Å². The summed E-state index contributed by atoms with van der Waals surface area (Å²) in [6.07, 6.45) is 5.71. The van der Waals surface area contributed by atoms with Crippen LogP contribution in [0.2, 0.25) is 0 Å². The summed E-state index contributed by atoms with van der Waals surface area (Å²) in [6, 6.07) is 0.443. The fourth-order valence-corrected chi connectivity index (χ4v) is 3.11. The molecule has 78 valence electrons. The molecule has 0 bridgehead atoms. The lowest BCUT2D eigenvalue weighted by Gasteiger charge is -2.12. The molecule has 1 heterocycles. The molecule has 0 saturated heterocycles. The molecule has 1 fully saturated rings. The molecule has 0 amide bonds. The van der Waals surface area contributed by atoms with Crippen molar-refractivity contribution in [2.45, 2.75) is 30.6 Å². The Balaban J connectivity index is 2.21. The van der Waals surface area contributed by atoms with Crippen LogP contribution in [0.1, 0.15) is 25.3 Å². The second-order valence-corrected chi connectivity index (χ2v) is 5.11. The molecule has 2 atom stereocenters. The van der Waals surface area contributed by atoms with Gasteiger partial charge in [0.15, 0.2) is 4.77 Å². The molecular formula is C8H14N4S2. The van der Waals surface area contributed by atoms with Gasteiger partial charge in [0.25, 0.3) is 0 Å². The molecular weight excluding hydrogens is 216 g/mol. The number of nitrogens with zero attached hydrogens (tertiary/aromatic N) is 2. The number of anilines is 1. The van der Waals surface area contributed by atoms with Crippen LogP contribution in [0, 0.1) is 4.77 Å². The van der Waals surface area contributed by atoms with Gasteiger partial charge < -0.3 is 5.73 Å². The summed E-state index contributed by atoms with van der Waals surface area (Å²) in [4.78, 5) is 0. The number of aromatic amines is 1. The van der Waals surface area contributed by atoms with Gasteiger partial charge in [0.05, 0.1) is 0 Å². The fourth-order valence-electron chi connectivity index (χ4n) is 2.04. The highest BCUT2D eigenvalue weighted by molar-refractivity contribution is 7.99. The first-order valence-electron chi connectivity index (χ1n) is 4.67. The van der Waals surface area contributed by atoms with Crippen LogP contribution in [0.4, 0.5) is 5.95 Å². The van der Waals surface area contributed by atoms with Crippen molar-refractivity contribution in [3.05, 3.63) is 4.77 Å². The first kappa shape index (κ1) is 10.0. The highest BCUT2D eigenvalue weighted by Crippen LogP contribution is 2.36. The lowest BCUT2D eigenvalue weighted by molar-refractivity contribution is 0.519. The number of hydrogen-bond donors (Lipinski definition) is 2. The standard InChI is InChI=1S/C8H14N4S2/c1-14-6-3-2-5(4-6)12-7(9)10-11-8(12)13/h5-6H,2-4H2,1H3,(H2,9,10)(H,11,13). The summed E-state index contributed by atoms with van der Waals surface area (Å²) in [5.74, 6) is 0.516. The maximum absolute atomic E-state index is 5.76. The third kappa shape index (κ3) is 1.68. The van der Waals surface area contributed by atoms with E-state index in [1.54, 1.807) is 0 Å². The maximum atomic E-state index is 5.76. The number of hydrogen-bond acceptors (Lipinski definition) is 4. The van der Waals surface area contributed by atoms with Crippen molar-refractivity contribution < 1.29 is 0 Å². The van der Waals surface area contributed by atoms with Crippen LogP contribution in [-0.4, -0.2) is 26.3 Å². The van der Waals surface area contributed by atoms with E-state index in [1.807, 2.05) is 16.3 Å². The minimum Gasteiger partial charge on any atom is -0.368 e. The monoisotopic (exact) mass is 230 g/mol. The zero-order chi connectivity index (χ0) is 10.1. The van der Waals surface area contributed by atoms with Crippen molar-refractivity contribution in [2.24, 2.45) is 0 Å². The van der Waals surface area contributed by atoms with Crippen LogP contribution in [0.5, 0.6) is 0 Å². The van der Waals surface area contributed by atoms with Crippen LogP contribution < -0.4 is 5.73 Å². The van der Waals surface area contributed by atoms with E-state index < -0.39 is 0 Å². The lowest BCUT2D eigenvalue weighted by Crippen LogP contribution is -2.09. The van der Waals surface area contributed by atoms with Crippen molar-refractivity contribution in [3.8, 4) is 0 Å². The molecule has 3 N–H and O–H groups in total. The van der Waals surface area contributed by atoms with Gasteiger partial charge in [0.1, 0.15) is 0 Å². The molecule has 1 aliphatic rings. The van der Waals surface area contributed by atoms with Gasteiger partial charge in [-0.1, -0.05) is 0 Å². The van der Waals surface area contributed by atoms with E-state index in [4.69, 9.17) is 18.0 Å². The van der Waals surface area contributed by atoms with Crippen LogP contribution in [0.3, 0.4) is 0 Å². The highest BCUT2D eigenvalue weighted by atomic mass is 32.2. The minimum atomic E-state index is 0.443. The van der Waals surface area contributed by atoms with Gasteiger partial charge in [-0.3, -0.25) is 4.57 Å². The van der Waals surface area contributed by atoms with Crippen molar-refractivity contribution in [1.29, 1.82) is 0 Å². The Labute approximate surface area is 92.3 Å². The normalized spacial score (nSPS) is 26.9. The van der Waals surface area contributed by atoms with Gasteiger partial charge in [-0.15, -0.1) is 5.10 Å². The summed E-state index contributed by atoms with van der Waals surface area (Å²) in [5.41, 5.74) is 5.76. The predicted molar refractivity (Wildman–Crippen MR) is 62.0 cm³/mol. The Morgan fingerprint density at radius 2 is 2.43 bits per heavy atom. The first-order chi connectivity index (χ1) is 6.72. The van der Waals surface area contributed by atoms with Crippen molar-refractivity contribution in [1.82, 2.24) is 14.8 Å². The number of aromatic nitrogens is 3. The molecule has 0 aliphatic heterocycles. The fraction of sp³-hybridized carbons (Fsp3) is 0.750. The van der Waals surface area contributed by atoms with E-state index in [0.717, 1.165) is 18.1 Å². The number of nitrogens with two attached hydrogens (primary N) is 1. The molecule has 1 aromatic heterocycles. The predicted octanol–water partition coefficient (Wildman–Crippen LogP) is 1.98. The van der Waals surface area contributed by atoms with Gasteiger partial charge in [-0.2, -0.15) is 11.8 Å². The van der Waals surface area contributed by atoms with E-state index in [0.29, 0.717) is 16.8 Å². The van der Waals surface area contributed by atoms with E-state index in [2.05, 4.69) is 16.5 Å². The summed E-state index contributed by atoms with van der Waals surface area (Å²) >= 11 is 7.07. The third-order valence-electron chi connectivity index (χ3n) is 2.79. The highest BCUT2D eigenvalue weighted by Gasteiger charge is 2.26. The van der Waals surface area contributed by atoms with E-state index in [1.165, 1.54) is 6.42 Å². The van der Waals surface area contributed by atoms with Gasteiger partial charge in [-0.25, -0.2) is 5.10 Å². The molecule has 0 aromatic carbocycles. The second-order valence-electron chi connectivity index (χ2n) is 3.58. The number of thioether (sulfide) groups is 1. The largest absolute Gasteiger partial charge is 0.368 e. The van der Waals surface area contributed by atoms with Gasteiger partial charge in [-0.05, 0) is 37.7 Å². The molecule has 1 aliphatic carbocycles. The van der Waals surface area contributed by atoms with Crippen molar-refractivity contribution >= 4 is 29.9 Å². The Morgan fingerprint density at radius 1 is 1.64 bits per heavy atom. The molecule has 4 nitrogen and oxygen atoms in total. The van der Waals surface area contributed by atoms with Crippen LogP contribution in [0.25, 0.3) is 0 Å². The molecule has 0 spiro atoms. The molecule has 0 radical (unpaired) electrons.